The molecule has 0 radical (unpaired) electrons. The van der Waals surface area contributed by atoms with Crippen molar-refractivity contribution in [2.24, 2.45) is 0 Å². The smallest absolute Gasteiger partial charge is 0.331 e. The number of benzene rings is 1. The lowest BCUT2D eigenvalue weighted by molar-refractivity contribution is -0.131. The zero-order chi connectivity index (χ0) is 18.0. The Morgan fingerprint density at radius 1 is 1.24 bits per heavy atom. The molecule has 0 aliphatic carbocycles. The maximum Gasteiger partial charge on any atom is 0.331 e. The molecule has 0 bridgehead atoms. The van der Waals surface area contributed by atoms with Crippen LogP contribution < -0.4 is 10.2 Å². The van der Waals surface area contributed by atoms with Gasteiger partial charge in [0.15, 0.2) is 0 Å². The second kappa shape index (κ2) is 7.06. The second-order valence-corrected chi connectivity index (χ2v) is 6.35. The molecule has 0 aromatic heterocycles. The van der Waals surface area contributed by atoms with Crippen molar-refractivity contribution in [3.8, 4) is 0 Å². The van der Waals surface area contributed by atoms with Gasteiger partial charge in [-0.15, -0.1) is 0 Å². The number of amides is 4. The first-order valence-electron chi connectivity index (χ1n) is 8.23. The first-order valence-corrected chi connectivity index (χ1v) is 8.23. The molecular weight excluding hydrogens is 322 g/mol. The van der Waals surface area contributed by atoms with Gasteiger partial charge in [0.1, 0.15) is 5.57 Å². The molecule has 7 nitrogen and oxygen atoms in total. The van der Waals surface area contributed by atoms with E-state index in [1.54, 1.807) is 0 Å². The Hall–Kier alpha value is -2.67. The summed E-state index contributed by atoms with van der Waals surface area (Å²) in [5, 5.41) is 2.23. The fraction of sp³-hybridized carbons (Fsp3) is 0.389. The highest BCUT2D eigenvalue weighted by Gasteiger charge is 2.37. The van der Waals surface area contributed by atoms with Crippen LogP contribution in [0.1, 0.15) is 18.4 Å². The summed E-state index contributed by atoms with van der Waals surface area (Å²) >= 11 is 0. The van der Waals surface area contributed by atoms with E-state index >= 15 is 0 Å². The molecule has 2 fully saturated rings. The van der Waals surface area contributed by atoms with E-state index in [-0.39, 0.29) is 18.2 Å². The third-order valence-corrected chi connectivity index (χ3v) is 4.32. The van der Waals surface area contributed by atoms with Gasteiger partial charge in [0.2, 0.25) is 0 Å². The lowest BCUT2D eigenvalue weighted by atomic mass is 10.1. The summed E-state index contributed by atoms with van der Waals surface area (Å²) in [6.45, 7) is 0.795. The van der Waals surface area contributed by atoms with E-state index in [1.807, 2.05) is 43.3 Å². The van der Waals surface area contributed by atoms with Gasteiger partial charge in [-0.3, -0.25) is 19.8 Å². The van der Waals surface area contributed by atoms with Crippen molar-refractivity contribution >= 4 is 29.6 Å². The Kier molecular flexibility index (Phi) is 4.85. The van der Waals surface area contributed by atoms with Gasteiger partial charge in [0, 0.05) is 26.4 Å². The van der Waals surface area contributed by atoms with Crippen molar-refractivity contribution < 1.29 is 19.1 Å². The third-order valence-electron chi connectivity index (χ3n) is 4.32. The Morgan fingerprint density at radius 3 is 2.56 bits per heavy atom. The number of anilines is 1. The summed E-state index contributed by atoms with van der Waals surface area (Å²) in [5.41, 5.74) is 1.68. The van der Waals surface area contributed by atoms with Crippen molar-refractivity contribution in [2.45, 2.75) is 18.9 Å². The molecule has 2 aliphatic heterocycles. The number of barbiturate groups is 1. The largest absolute Gasteiger partial charge is 0.378 e. The van der Waals surface area contributed by atoms with Crippen molar-refractivity contribution in [2.75, 3.05) is 32.1 Å². The van der Waals surface area contributed by atoms with Crippen molar-refractivity contribution in [3.05, 3.63) is 35.4 Å². The van der Waals surface area contributed by atoms with Crippen molar-refractivity contribution in [1.82, 2.24) is 10.2 Å². The van der Waals surface area contributed by atoms with Crippen LogP contribution in [0.15, 0.2) is 29.8 Å². The third kappa shape index (κ3) is 3.71. The zero-order valence-corrected chi connectivity index (χ0v) is 14.3. The minimum absolute atomic E-state index is 0.0461. The average Bonchev–Trinajstić information content (AvgIpc) is 3.09. The molecule has 0 spiro atoms. The van der Waals surface area contributed by atoms with Crippen LogP contribution in [0.3, 0.4) is 0 Å². The molecule has 2 saturated heterocycles. The van der Waals surface area contributed by atoms with E-state index < -0.39 is 17.8 Å². The van der Waals surface area contributed by atoms with Crippen LogP contribution >= 0.6 is 0 Å². The van der Waals surface area contributed by atoms with Gasteiger partial charge in [-0.25, -0.2) is 4.79 Å². The van der Waals surface area contributed by atoms with Gasteiger partial charge in [-0.2, -0.15) is 0 Å². The number of hydrogen-bond acceptors (Lipinski definition) is 5. The van der Waals surface area contributed by atoms with E-state index in [0.717, 1.165) is 29.0 Å². The quantitative estimate of drug-likeness (QED) is 0.660. The Bertz CT molecular complexity index is 718. The molecule has 2 heterocycles. The fourth-order valence-electron chi connectivity index (χ4n) is 2.89. The van der Waals surface area contributed by atoms with Gasteiger partial charge < -0.3 is 9.64 Å². The molecule has 1 aromatic rings. The van der Waals surface area contributed by atoms with Crippen LogP contribution in [0.5, 0.6) is 0 Å². The van der Waals surface area contributed by atoms with Crippen LogP contribution in [0.4, 0.5) is 10.5 Å². The van der Waals surface area contributed by atoms with Gasteiger partial charge in [-0.1, -0.05) is 12.1 Å². The molecule has 132 valence electrons. The molecule has 0 unspecified atom stereocenters. The van der Waals surface area contributed by atoms with E-state index in [1.165, 1.54) is 6.08 Å². The van der Waals surface area contributed by atoms with Gasteiger partial charge in [0.25, 0.3) is 11.8 Å². The highest BCUT2D eigenvalue weighted by Crippen LogP contribution is 2.20. The molecule has 25 heavy (non-hydrogen) atoms. The molecule has 1 N–H and O–H groups in total. The molecule has 2 aliphatic rings. The fourth-order valence-corrected chi connectivity index (χ4v) is 2.89. The monoisotopic (exact) mass is 343 g/mol. The predicted octanol–water partition coefficient (Wildman–Crippen LogP) is 1.39. The van der Waals surface area contributed by atoms with Crippen molar-refractivity contribution in [3.63, 3.8) is 0 Å². The molecule has 0 saturated carbocycles. The molecule has 4 amide bonds. The van der Waals surface area contributed by atoms with Crippen molar-refractivity contribution in [1.29, 1.82) is 0 Å². The van der Waals surface area contributed by atoms with Crippen LogP contribution in [0, 0.1) is 0 Å². The van der Waals surface area contributed by atoms with Crippen LogP contribution in [-0.2, 0) is 14.3 Å². The van der Waals surface area contributed by atoms with Gasteiger partial charge in [-0.05, 0) is 36.6 Å². The summed E-state index contributed by atoms with van der Waals surface area (Å²) in [7, 11) is 3.86. The summed E-state index contributed by atoms with van der Waals surface area (Å²) < 4.78 is 5.49. The van der Waals surface area contributed by atoms with E-state index in [0.29, 0.717) is 6.61 Å². The maximum atomic E-state index is 12.6. The number of imide groups is 2. The number of rotatable bonds is 4. The Balaban J connectivity index is 1.82. The lowest BCUT2D eigenvalue weighted by Gasteiger charge is -2.28. The number of nitrogens with zero attached hydrogens (tertiary/aromatic N) is 2. The summed E-state index contributed by atoms with van der Waals surface area (Å²) in [6.07, 6.45) is 3.06. The SMILES string of the molecule is CN(C)c1ccc(/C=C2\C(=O)NC(=O)N(C[C@@H]3CCCO3)C2=O)cc1. The number of ether oxygens (including phenoxy) is 1. The van der Waals surface area contributed by atoms with Gasteiger partial charge >= 0.3 is 6.03 Å². The lowest BCUT2D eigenvalue weighted by Crippen LogP contribution is -2.55. The van der Waals surface area contributed by atoms with Gasteiger partial charge in [0.05, 0.1) is 12.6 Å². The minimum atomic E-state index is -0.689. The summed E-state index contributed by atoms with van der Waals surface area (Å²) in [5.74, 6) is -1.25. The average molecular weight is 343 g/mol. The number of nitrogens with one attached hydrogen (secondary N) is 1. The number of urea groups is 1. The number of hydrogen-bond donors (Lipinski definition) is 1. The Labute approximate surface area is 146 Å². The first kappa shape index (κ1) is 17.2. The molecule has 3 rings (SSSR count). The zero-order valence-electron chi connectivity index (χ0n) is 14.3. The minimum Gasteiger partial charge on any atom is -0.378 e. The number of carbonyl (C=O) groups is 3. The standard InChI is InChI=1S/C18H21N3O4/c1-20(2)13-7-5-12(6-8-13)10-15-16(22)19-18(24)21(17(15)23)11-14-4-3-9-25-14/h5-8,10,14H,3-4,9,11H2,1-2H3,(H,19,22,24)/b15-10+/t14-/m0/s1. The van der Waals surface area contributed by atoms with E-state index in [9.17, 15) is 14.4 Å². The highest BCUT2D eigenvalue weighted by molar-refractivity contribution is 6.31. The number of carbonyl (C=O) groups excluding carboxylic acids is 3. The second-order valence-electron chi connectivity index (χ2n) is 6.35. The summed E-state index contributed by atoms with van der Waals surface area (Å²) in [4.78, 5) is 39.7. The molecule has 1 aromatic carbocycles. The molecular formula is C18H21N3O4. The highest BCUT2D eigenvalue weighted by atomic mass is 16.5. The van der Waals surface area contributed by atoms with E-state index in [2.05, 4.69) is 5.32 Å². The Morgan fingerprint density at radius 2 is 1.96 bits per heavy atom. The van der Waals surface area contributed by atoms with Crippen LogP contribution in [0.25, 0.3) is 6.08 Å². The topological polar surface area (TPSA) is 79.0 Å². The van der Waals surface area contributed by atoms with Crippen LogP contribution in [0.2, 0.25) is 0 Å². The van der Waals surface area contributed by atoms with E-state index in [4.69, 9.17) is 4.74 Å². The predicted molar refractivity (Wildman–Crippen MR) is 93.0 cm³/mol. The molecule has 1 atom stereocenters. The summed E-state index contributed by atoms with van der Waals surface area (Å²) in [6, 6.07) is 6.75. The first-order chi connectivity index (χ1) is 12.0. The maximum absolute atomic E-state index is 12.6. The van der Waals surface area contributed by atoms with Crippen LogP contribution in [-0.4, -0.2) is 56.1 Å². The molecule has 7 heteroatoms. The normalized spacial score (nSPS) is 22.5.